The van der Waals surface area contributed by atoms with Crippen molar-refractivity contribution in [1.82, 2.24) is 4.98 Å². The molecular formula is C14H10N2O3S. The normalized spacial score (nSPS) is 11.1. The highest BCUT2D eigenvalue weighted by Crippen LogP contribution is 2.26. The number of carbonyl (C=O) groups is 1. The summed E-state index contributed by atoms with van der Waals surface area (Å²) in [6.45, 7) is 0. The molecule has 5 nitrogen and oxygen atoms in total. The lowest BCUT2D eigenvalue weighted by Crippen LogP contribution is -2.10. The summed E-state index contributed by atoms with van der Waals surface area (Å²) in [5.41, 5.74) is 1.98. The summed E-state index contributed by atoms with van der Waals surface area (Å²) in [5.74, 6) is 0. The van der Waals surface area contributed by atoms with E-state index in [-0.39, 0.29) is 0 Å². The molecule has 0 aliphatic heterocycles. The van der Waals surface area contributed by atoms with E-state index in [9.17, 15) is 13.2 Å². The lowest BCUT2D eigenvalue weighted by atomic mass is 10.1. The van der Waals surface area contributed by atoms with Gasteiger partial charge in [0.2, 0.25) is 10.7 Å². The van der Waals surface area contributed by atoms with Crippen LogP contribution in [0.1, 0.15) is 0 Å². The number of benzene rings is 2. The third-order valence-electron chi connectivity index (χ3n) is 2.97. The highest BCUT2D eigenvalue weighted by Gasteiger charge is 2.08. The number of nitrogens with one attached hydrogen (secondary N) is 1. The van der Waals surface area contributed by atoms with E-state index in [1.807, 2.05) is 36.4 Å². The van der Waals surface area contributed by atoms with Crippen LogP contribution in [0.3, 0.4) is 0 Å². The molecule has 3 rings (SSSR count). The van der Waals surface area contributed by atoms with Crippen molar-refractivity contribution in [2.75, 3.05) is 5.32 Å². The van der Waals surface area contributed by atoms with Crippen molar-refractivity contribution in [2.24, 2.45) is 0 Å². The Kier molecular flexibility index (Phi) is 3.08. The van der Waals surface area contributed by atoms with Crippen LogP contribution in [0.5, 0.6) is 0 Å². The number of nitrogens with zero attached hydrogens (tertiary/aromatic N) is 1. The van der Waals surface area contributed by atoms with E-state index >= 15 is 0 Å². The number of pyridine rings is 1. The Labute approximate surface area is 116 Å². The molecule has 2 aromatic carbocycles. The summed E-state index contributed by atoms with van der Waals surface area (Å²) in [6.07, 6.45) is 0. The molecule has 100 valence electrons. The van der Waals surface area contributed by atoms with E-state index in [4.69, 9.17) is 0 Å². The molecule has 0 bridgehead atoms. The molecule has 1 amide bonds. The molecule has 6 heteroatoms. The van der Waals surface area contributed by atoms with Crippen molar-refractivity contribution in [3.63, 3.8) is 0 Å². The third kappa shape index (κ3) is 2.21. The van der Waals surface area contributed by atoms with Crippen LogP contribution < -0.4 is 5.32 Å². The maximum atomic E-state index is 11.3. The fourth-order valence-corrected chi connectivity index (χ4v) is 2.28. The molecule has 0 saturated carbocycles. The van der Waals surface area contributed by atoms with Gasteiger partial charge in [-0.2, -0.15) is 0 Å². The average Bonchev–Trinajstić information content (AvgIpc) is 2.45. The third-order valence-corrected chi connectivity index (χ3v) is 3.41. The Bertz CT molecular complexity index is 895. The molecule has 0 atom stereocenters. The van der Waals surface area contributed by atoms with Crippen molar-refractivity contribution in [2.45, 2.75) is 0 Å². The Morgan fingerprint density at radius 2 is 1.75 bits per heavy atom. The number of amides is 1. The van der Waals surface area contributed by atoms with Crippen molar-refractivity contribution < 1.29 is 13.2 Å². The van der Waals surface area contributed by atoms with E-state index in [0.29, 0.717) is 16.6 Å². The first kappa shape index (κ1) is 12.6. The largest absolute Gasteiger partial charge is 0.338 e. The van der Waals surface area contributed by atoms with Gasteiger partial charge in [-0.05, 0) is 24.3 Å². The Hall–Kier alpha value is -2.47. The number of hydrogen-bond acceptors (Lipinski definition) is 4. The van der Waals surface area contributed by atoms with Gasteiger partial charge in [0.05, 0.1) is 16.7 Å². The number of rotatable bonds is 1. The SMILES string of the molecule is O=C(Nc1cccc2nc3ccccc3cc12)[SH](=O)=O. The topological polar surface area (TPSA) is 76.1 Å². The zero-order chi connectivity index (χ0) is 14.1. The summed E-state index contributed by atoms with van der Waals surface area (Å²) in [5, 5.41) is 2.98. The number of para-hydroxylation sites is 1. The quantitative estimate of drug-likeness (QED) is 0.532. The minimum atomic E-state index is -3.15. The second-order valence-corrected chi connectivity index (χ2v) is 5.16. The van der Waals surface area contributed by atoms with E-state index in [1.165, 1.54) is 0 Å². The summed E-state index contributed by atoms with van der Waals surface area (Å²) in [7, 11) is -3.15. The van der Waals surface area contributed by atoms with E-state index in [2.05, 4.69) is 10.3 Å². The van der Waals surface area contributed by atoms with Crippen LogP contribution >= 0.6 is 0 Å². The van der Waals surface area contributed by atoms with Gasteiger partial charge < -0.3 is 5.32 Å². The zero-order valence-corrected chi connectivity index (χ0v) is 11.1. The smallest absolute Gasteiger partial charge is 0.312 e. The van der Waals surface area contributed by atoms with Gasteiger partial charge in [0.15, 0.2) is 0 Å². The predicted octanol–water partition coefficient (Wildman–Crippen LogP) is 2.53. The van der Waals surface area contributed by atoms with Crippen molar-refractivity contribution in [3.8, 4) is 0 Å². The fourth-order valence-electron chi connectivity index (χ4n) is 2.07. The summed E-state index contributed by atoms with van der Waals surface area (Å²) in [4.78, 5) is 15.8. The highest BCUT2D eigenvalue weighted by atomic mass is 32.2. The standard InChI is InChI=1S/C14H10N2O3S/c17-14(20(18)19)16-13-7-3-6-12-10(13)8-9-4-1-2-5-11(9)15-12/h1-8,20H,(H,16,17). The molecule has 0 radical (unpaired) electrons. The Morgan fingerprint density at radius 1 is 1.00 bits per heavy atom. The first-order valence-corrected chi connectivity index (χ1v) is 7.07. The lowest BCUT2D eigenvalue weighted by molar-refractivity contribution is 0.268. The van der Waals surface area contributed by atoms with Gasteiger partial charge >= 0.3 is 5.24 Å². The molecule has 0 aliphatic rings. The molecular weight excluding hydrogens is 276 g/mol. The molecule has 0 aliphatic carbocycles. The fraction of sp³-hybridized carbons (Fsp3) is 0. The zero-order valence-electron chi connectivity index (χ0n) is 10.2. The van der Waals surface area contributed by atoms with E-state index in [0.717, 1.165) is 10.9 Å². The van der Waals surface area contributed by atoms with Crippen LogP contribution in [0.25, 0.3) is 21.8 Å². The van der Waals surface area contributed by atoms with Crippen LogP contribution in [0.4, 0.5) is 10.5 Å². The lowest BCUT2D eigenvalue weighted by Gasteiger charge is -2.07. The predicted molar refractivity (Wildman–Crippen MR) is 78.6 cm³/mol. The van der Waals surface area contributed by atoms with Gasteiger partial charge in [0.25, 0.3) is 0 Å². The monoisotopic (exact) mass is 286 g/mol. The maximum Gasteiger partial charge on any atom is 0.338 e. The number of aromatic nitrogens is 1. The number of carbonyl (C=O) groups excluding carboxylic acids is 1. The molecule has 1 aromatic heterocycles. The van der Waals surface area contributed by atoms with Crippen molar-refractivity contribution in [1.29, 1.82) is 0 Å². The number of thiol groups is 1. The molecule has 1 heterocycles. The van der Waals surface area contributed by atoms with Crippen LogP contribution in [0, 0.1) is 0 Å². The van der Waals surface area contributed by atoms with E-state index < -0.39 is 15.9 Å². The molecule has 0 fully saturated rings. The first-order valence-electron chi connectivity index (χ1n) is 5.89. The van der Waals surface area contributed by atoms with Gasteiger partial charge in [-0.15, -0.1) is 0 Å². The summed E-state index contributed by atoms with van der Waals surface area (Å²) >= 11 is 0. The molecule has 0 saturated heterocycles. The van der Waals surface area contributed by atoms with Crippen molar-refractivity contribution >= 4 is 43.4 Å². The van der Waals surface area contributed by atoms with Crippen LogP contribution in [-0.2, 0) is 10.7 Å². The highest BCUT2D eigenvalue weighted by molar-refractivity contribution is 7.89. The number of fused-ring (bicyclic) bond motifs is 2. The van der Waals surface area contributed by atoms with Gasteiger partial charge in [-0.25, -0.2) is 13.4 Å². The van der Waals surface area contributed by atoms with Crippen molar-refractivity contribution in [3.05, 3.63) is 48.5 Å². The number of anilines is 1. The van der Waals surface area contributed by atoms with Gasteiger partial charge in [-0.3, -0.25) is 4.79 Å². The summed E-state index contributed by atoms with van der Waals surface area (Å²) in [6, 6.07) is 14.7. The van der Waals surface area contributed by atoms with Gasteiger partial charge in [0, 0.05) is 10.8 Å². The van der Waals surface area contributed by atoms with Gasteiger partial charge in [0.1, 0.15) is 0 Å². The second-order valence-electron chi connectivity index (χ2n) is 4.24. The molecule has 20 heavy (non-hydrogen) atoms. The molecule has 3 aromatic rings. The van der Waals surface area contributed by atoms with Crippen LogP contribution in [0.2, 0.25) is 0 Å². The van der Waals surface area contributed by atoms with Crippen LogP contribution in [0.15, 0.2) is 48.5 Å². The maximum absolute atomic E-state index is 11.3. The second kappa shape index (κ2) is 4.90. The number of hydrogen-bond donors (Lipinski definition) is 2. The van der Waals surface area contributed by atoms with Crippen LogP contribution in [-0.4, -0.2) is 18.6 Å². The Morgan fingerprint density at radius 3 is 2.55 bits per heavy atom. The van der Waals surface area contributed by atoms with E-state index in [1.54, 1.807) is 12.1 Å². The minimum absolute atomic E-state index is 0.435. The minimum Gasteiger partial charge on any atom is -0.312 e. The Balaban J connectivity index is 2.22. The summed E-state index contributed by atoms with van der Waals surface area (Å²) < 4.78 is 21.3. The average molecular weight is 286 g/mol. The van der Waals surface area contributed by atoms with Gasteiger partial charge in [-0.1, -0.05) is 24.3 Å². The molecule has 1 N–H and O–H groups in total. The molecule has 0 unspecified atom stereocenters. The first-order chi connectivity index (χ1) is 9.65. The molecule has 0 spiro atoms.